The molecule has 8 nitrogen and oxygen atoms in total. The molecule has 8 heteroatoms. The van der Waals surface area contributed by atoms with Crippen molar-refractivity contribution in [1.29, 1.82) is 0 Å². The van der Waals surface area contributed by atoms with Crippen LogP contribution in [0.15, 0.2) is 0 Å². The third kappa shape index (κ3) is 6.34. The molecule has 0 spiro atoms. The van der Waals surface area contributed by atoms with Crippen LogP contribution in [0.25, 0.3) is 0 Å². The molecule has 3 unspecified atom stereocenters. The molecule has 1 aromatic heterocycles. The van der Waals surface area contributed by atoms with Crippen molar-refractivity contribution in [2.75, 3.05) is 37.4 Å². The topological polar surface area (TPSA) is 92.6 Å². The molecular weight excluding hydrogens is 334 g/mol. The summed E-state index contributed by atoms with van der Waals surface area (Å²) in [4.78, 5) is 15.5. The summed E-state index contributed by atoms with van der Waals surface area (Å²) in [6.07, 6.45) is 4.70. The number of aromatic nitrogens is 3. The Hall–Kier alpha value is -1.51. The Labute approximate surface area is 156 Å². The van der Waals surface area contributed by atoms with Gasteiger partial charge in [0.25, 0.3) is 0 Å². The van der Waals surface area contributed by atoms with Crippen LogP contribution in [-0.2, 0) is 9.47 Å². The molecule has 0 saturated heterocycles. The Kier molecular flexibility index (Phi) is 8.47. The minimum atomic E-state index is -0.739. The van der Waals surface area contributed by atoms with Crippen molar-refractivity contribution in [1.82, 2.24) is 15.0 Å². The SMILES string of the molecule is CCCCOCN(COC)c1nc(NC(C)O)nc(C2CCC(C)C2)n1. The van der Waals surface area contributed by atoms with Crippen molar-refractivity contribution in [2.24, 2.45) is 5.92 Å². The summed E-state index contributed by atoms with van der Waals surface area (Å²) >= 11 is 0. The first-order valence-electron chi connectivity index (χ1n) is 9.55. The molecule has 3 atom stereocenters. The molecule has 0 amide bonds. The Morgan fingerprint density at radius 2 is 2.08 bits per heavy atom. The molecule has 2 N–H and O–H groups in total. The minimum Gasteiger partial charge on any atom is -0.374 e. The van der Waals surface area contributed by atoms with Crippen LogP contribution >= 0.6 is 0 Å². The fourth-order valence-corrected chi connectivity index (χ4v) is 3.13. The molecule has 0 aromatic carbocycles. The Bertz CT molecular complexity index is 544. The van der Waals surface area contributed by atoms with E-state index in [0.29, 0.717) is 43.8 Å². The largest absolute Gasteiger partial charge is 0.374 e. The van der Waals surface area contributed by atoms with E-state index in [4.69, 9.17) is 14.5 Å². The molecule has 26 heavy (non-hydrogen) atoms. The van der Waals surface area contributed by atoms with E-state index < -0.39 is 6.23 Å². The van der Waals surface area contributed by atoms with Crippen LogP contribution in [-0.4, -0.2) is 53.5 Å². The number of hydrogen-bond donors (Lipinski definition) is 2. The highest BCUT2D eigenvalue weighted by Crippen LogP contribution is 2.37. The summed E-state index contributed by atoms with van der Waals surface area (Å²) in [5.41, 5.74) is 0. The van der Waals surface area contributed by atoms with Crippen LogP contribution in [0.1, 0.15) is 64.6 Å². The first-order valence-corrected chi connectivity index (χ1v) is 9.55. The molecule has 1 saturated carbocycles. The number of nitrogens with one attached hydrogen (secondary N) is 1. The van der Waals surface area contributed by atoms with Crippen molar-refractivity contribution in [3.63, 3.8) is 0 Å². The van der Waals surface area contributed by atoms with E-state index in [1.807, 2.05) is 4.90 Å². The summed E-state index contributed by atoms with van der Waals surface area (Å²) in [6.45, 7) is 7.40. The molecule has 1 aromatic rings. The van der Waals surface area contributed by atoms with Crippen molar-refractivity contribution < 1.29 is 14.6 Å². The van der Waals surface area contributed by atoms with Gasteiger partial charge in [-0.25, -0.2) is 0 Å². The van der Waals surface area contributed by atoms with Crippen LogP contribution < -0.4 is 10.2 Å². The molecule has 148 valence electrons. The van der Waals surface area contributed by atoms with E-state index in [9.17, 15) is 5.11 Å². The first kappa shape index (κ1) is 20.8. The number of nitrogens with zero attached hydrogens (tertiary/aromatic N) is 4. The smallest absolute Gasteiger partial charge is 0.234 e. The van der Waals surface area contributed by atoms with Crippen LogP contribution in [0.5, 0.6) is 0 Å². The maximum atomic E-state index is 9.66. The summed E-state index contributed by atoms with van der Waals surface area (Å²) < 4.78 is 11.0. The normalized spacial score (nSPS) is 21.0. The predicted molar refractivity (Wildman–Crippen MR) is 101 cm³/mol. The van der Waals surface area contributed by atoms with Crippen LogP contribution in [0.2, 0.25) is 0 Å². The first-order chi connectivity index (χ1) is 12.5. The van der Waals surface area contributed by atoms with Gasteiger partial charge in [0.1, 0.15) is 25.5 Å². The van der Waals surface area contributed by atoms with E-state index in [-0.39, 0.29) is 0 Å². The lowest BCUT2D eigenvalue weighted by atomic mass is 10.1. The number of rotatable bonds is 11. The van der Waals surface area contributed by atoms with Gasteiger partial charge in [0.2, 0.25) is 11.9 Å². The third-order valence-corrected chi connectivity index (χ3v) is 4.50. The molecule has 1 aliphatic rings. The second kappa shape index (κ2) is 10.6. The van der Waals surface area contributed by atoms with Gasteiger partial charge < -0.3 is 19.9 Å². The van der Waals surface area contributed by atoms with Gasteiger partial charge in [-0.3, -0.25) is 4.90 Å². The van der Waals surface area contributed by atoms with Gasteiger partial charge in [-0.1, -0.05) is 20.3 Å². The quantitative estimate of drug-likeness (QED) is 0.455. The molecule has 0 radical (unpaired) electrons. The lowest BCUT2D eigenvalue weighted by Gasteiger charge is -2.23. The highest BCUT2D eigenvalue weighted by atomic mass is 16.5. The maximum absolute atomic E-state index is 9.66. The molecule has 0 bridgehead atoms. The predicted octanol–water partition coefficient (Wildman–Crippen LogP) is 2.71. The van der Waals surface area contributed by atoms with Crippen molar-refractivity contribution in [2.45, 2.75) is 65.0 Å². The molecule has 1 aliphatic carbocycles. The minimum absolute atomic E-state index is 0.324. The second-order valence-corrected chi connectivity index (χ2v) is 7.10. The van der Waals surface area contributed by atoms with Crippen LogP contribution in [0, 0.1) is 5.92 Å². The van der Waals surface area contributed by atoms with E-state index in [2.05, 4.69) is 29.1 Å². The van der Waals surface area contributed by atoms with Gasteiger partial charge >= 0.3 is 0 Å². The molecule has 1 fully saturated rings. The summed E-state index contributed by atoms with van der Waals surface area (Å²) in [5, 5.41) is 12.5. The monoisotopic (exact) mass is 367 g/mol. The highest BCUT2D eigenvalue weighted by molar-refractivity contribution is 5.37. The summed E-state index contributed by atoms with van der Waals surface area (Å²) in [5.74, 6) is 2.68. The highest BCUT2D eigenvalue weighted by Gasteiger charge is 2.27. The van der Waals surface area contributed by atoms with Gasteiger partial charge in [0, 0.05) is 19.6 Å². The van der Waals surface area contributed by atoms with Gasteiger partial charge in [-0.15, -0.1) is 0 Å². The fourth-order valence-electron chi connectivity index (χ4n) is 3.13. The van der Waals surface area contributed by atoms with E-state index in [1.54, 1.807) is 14.0 Å². The van der Waals surface area contributed by atoms with Crippen molar-refractivity contribution in [3.05, 3.63) is 5.82 Å². The number of aliphatic hydroxyl groups is 1. The summed E-state index contributed by atoms with van der Waals surface area (Å²) in [7, 11) is 1.63. The Balaban J connectivity index is 2.21. The number of ether oxygens (including phenoxy) is 2. The number of anilines is 2. The second-order valence-electron chi connectivity index (χ2n) is 7.10. The van der Waals surface area contributed by atoms with Crippen molar-refractivity contribution >= 4 is 11.9 Å². The van der Waals surface area contributed by atoms with E-state index in [1.165, 1.54) is 6.42 Å². The Morgan fingerprint density at radius 1 is 1.27 bits per heavy atom. The van der Waals surface area contributed by atoms with Crippen molar-refractivity contribution in [3.8, 4) is 0 Å². The zero-order valence-electron chi connectivity index (χ0n) is 16.4. The van der Waals surface area contributed by atoms with Gasteiger partial charge in [0.15, 0.2) is 0 Å². The molecule has 0 aliphatic heterocycles. The lowest BCUT2D eigenvalue weighted by Crippen LogP contribution is -2.31. The average Bonchev–Trinajstić information content (AvgIpc) is 3.03. The average molecular weight is 367 g/mol. The van der Waals surface area contributed by atoms with Gasteiger partial charge in [0.05, 0.1) is 0 Å². The third-order valence-electron chi connectivity index (χ3n) is 4.50. The summed E-state index contributed by atoms with van der Waals surface area (Å²) in [6, 6.07) is 0. The maximum Gasteiger partial charge on any atom is 0.234 e. The zero-order valence-corrected chi connectivity index (χ0v) is 16.4. The number of methoxy groups -OCH3 is 1. The Morgan fingerprint density at radius 3 is 2.69 bits per heavy atom. The standard InChI is InChI=1S/C18H33N5O3/c1-5-6-9-26-12-23(11-25-4)18-21-16(15-8-7-13(2)10-15)20-17(22-18)19-14(3)24/h13-15,24H,5-12H2,1-4H3,(H,19,20,21,22). The number of aliphatic hydroxyl groups excluding tert-OH is 1. The van der Waals surface area contributed by atoms with Crippen LogP contribution in [0.4, 0.5) is 11.9 Å². The molecular formula is C18H33N5O3. The molecule has 2 rings (SSSR count). The van der Waals surface area contributed by atoms with E-state index >= 15 is 0 Å². The number of unbranched alkanes of at least 4 members (excludes halogenated alkanes) is 1. The number of hydrogen-bond acceptors (Lipinski definition) is 8. The lowest BCUT2D eigenvalue weighted by molar-refractivity contribution is 0.101. The van der Waals surface area contributed by atoms with E-state index in [0.717, 1.165) is 31.5 Å². The van der Waals surface area contributed by atoms with Crippen LogP contribution in [0.3, 0.4) is 0 Å². The molecule has 1 heterocycles. The van der Waals surface area contributed by atoms with Gasteiger partial charge in [-0.05, 0) is 38.5 Å². The fraction of sp³-hybridized carbons (Fsp3) is 0.833. The zero-order chi connectivity index (χ0) is 18.9. The van der Waals surface area contributed by atoms with Gasteiger partial charge in [-0.2, -0.15) is 15.0 Å².